The molecule has 6 rings (SSSR count). The summed E-state index contributed by atoms with van der Waals surface area (Å²) in [5, 5.41) is 3.31. The third-order valence-electron chi connectivity index (χ3n) is 7.84. The van der Waals surface area contributed by atoms with Crippen LogP contribution in [0.4, 0.5) is 0 Å². The lowest BCUT2D eigenvalue weighted by atomic mass is 10.0. The maximum atomic E-state index is 13.4. The molecule has 0 unspecified atom stereocenters. The predicted octanol–water partition coefficient (Wildman–Crippen LogP) is 1.88. The Balaban J connectivity index is 1.30. The molecule has 1 amide bonds. The SMILES string of the molecule is C[C@H]1C[C@@H]1C(=O)N1CCC[C@@H]1c1cc2nc3c(c(=O)n2[nH]1)CN(C1CCOCC1)CC3. The van der Waals surface area contributed by atoms with E-state index in [1.807, 2.05) is 11.0 Å². The molecule has 8 heteroatoms. The van der Waals surface area contributed by atoms with Crippen LogP contribution in [0, 0.1) is 11.8 Å². The summed E-state index contributed by atoms with van der Waals surface area (Å²) >= 11 is 0. The Morgan fingerprint density at radius 2 is 2.03 bits per heavy atom. The van der Waals surface area contributed by atoms with E-state index in [2.05, 4.69) is 16.9 Å². The molecule has 1 aliphatic carbocycles. The van der Waals surface area contributed by atoms with Crippen LogP contribution in [0.15, 0.2) is 10.9 Å². The quantitative estimate of drug-likeness (QED) is 0.812. The molecule has 0 bridgehead atoms. The largest absolute Gasteiger partial charge is 0.381 e. The second-order valence-corrected chi connectivity index (χ2v) is 9.82. The van der Waals surface area contributed by atoms with Crippen molar-refractivity contribution >= 4 is 11.6 Å². The minimum absolute atomic E-state index is 0.00898. The third kappa shape index (κ3) is 3.31. The number of nitrogens with one attached hydrogen (secondary N) is 1. The van der Waals surface area contributed by atoms with Crippen LogP contribution < -0.4 is 5.56 Å². The van der Waals surface area contributed by atoms with Crippen molar-refractivity contribution in [2.75, 3.05) is 26.3 Å². The maximum Gasteiger partial charge on any atom is 0.277 e. The van der Waals surface area contributed by atoms with E-state index < -0.39 is 0 Å². The van der Waals surface area contributed by atoms with Crippen molar-refractivity contribution in [3.63, 3.8) is 0 Å². The molecule has 2 aromatic rings. The van der Waals surface area contributed by atoms with Gasteiger partial charge in [-0.2, -0.15) is 0 Å². The van der Waals surface area contributed by atoms with Crippen LogP contribution in [-0.4, -0.2) is 62.7 Å². The molecule has 0 spiro atoms. The lowest BCUT2D eigenvalue weighted by molar-refractivity contribution is -0.133. The Hall–Kier alpha value is -2.19. The number of nitrogens with zero attached hydrogens (tertiary/aromatic N) is 4. The molecule has 1 N–H and O–H groups in total. The fourth-order valence-corrected chi connectivity index (χ4v) is 5.79. The van der Waals surface area contributed by atoms with Gasteiger partial charge in [-0.05, 0) is 38.0 Å². The highest BCUT2D eigenvalue weighted by atomic mass is 16.5. The summed E-state index contributed by atoms with van der Waals surface area (Å²) in [4.78, 5) is 35.6. The van der Waals surface area contributed by atoms with Gasteiger partial charge < -0.3 is 9.64 Å². The number of hydrogen-bond donors (Lipinski definition) is 1. The second-order valence-electron chi connectivity index (χ2n) is 9.82. The second kappa shape index (κ2) is 7.45. The molecule has 2 aromatic heterocycles. The molecule has 1 saturated carbocycles. The highest BCUT2D eigenvalue weighted by Gasteiger charge is 2.44. The normalized spacial score (nSPS) is 29.5. The van der Waals surface area contributed by atoms with Crippen molar-refractivity contribution in [3.8, 4) is 0 Å². The minimum atomic E-state index is 0.00898. The molecule has 166 valence electrons. The molecule has 3 atom stereocenters. The van der Waals surface area contributed by atoms with Crippen molar-refractivity contribution in [2.45, 2.75) is 64.1 Å². The van der Waals surface area contributed by atoms with Gasteiger partial charge in [0.05, 0.1) is 23.0 Å². The van der Waals surface area contributed by atoms with Crippen molar-refractivity contribution in [2.24, 2.45) is 11.8 Å². The fraction of sp³-hybridized carbons (Fsp3) is 0.696. The van der Waals surface area contributed by atoms with Gasteiger partial charge in [-0.15, -0.1) is 0 Å². The van der Waals surface area contributed by atoms with Crippen LogP contribution >= 0.6 is 0 Å². The third-order valence-corrected chi connectivity index (χ3v) is 7.84. The number of aromatic nitrogens is 3. The van der Waals surface area contributed by atoms with Crippen LogP contribution in [0.1, 0.15) is 62.0 Å². The minimum Gasteiger partial charge on any atom is -0.381 e. The first-order chi connectivity index (χ1) is 15.1. The van der Waals surface area contributed by atoms with Crippen LogP contribution in [0.2, 0.25) is 0 Å². The smallest absolute Gasteiger partial charge is 0.277 e. The highest BCUT2D eigenvalue weighted by Crippen LogP contribution is 2.43. The van der Waals surface area contributed by atoms with Gasteiger partial charge in [-0.25, -0.2) is 9.50 Å². The van der Waals surface area contributed by atoms with Crippen molar-refractivity contribution in [1.82, 2.24) is 24.4 Å². The van der Waals surface area contributed by atoms with E-state index in [1.165, 1.54) is 0 Å². The fourth-order valence-electron chi connectivity index (χ4n) is 5.79. The Bertz CT molecular complexity index is 1070. The summed E-state index contributed by atoms with van der Waals surface area (Å²) in [6, 6.07) is 2.50. The van der Waals surface area contributed by atoms with E-state index in [1.54, 1.807) is 4.52 Å². The van der Waals surface area contributed by atoms with Gasteiger partial charge in [-0.1, -0.05) is 6.92 Å². The molecule has 3 fully saturated rings. The molecule has 5 heterocycles. The molecule has 31 heavy (non-hydrogen) atoms. The number of likely N-dealkylation sites (tertiary alicyclic amines) is 1. The van der Waals surface area contributed by atoms with Gasteiger partial charge in [-0.3, -0.25) is 19.6 Å². The Labute approximate surface area is 181 Å². The number of amides is 1. The van der Waals surface area contributed by atoms with E-state index >= 15 is 0 Å². The lowest BCUT2D eigenvalue weighted by Crippen LogP contribution is -2.44. The van der Waals surface area contributed by atoms with E-state index in [4.69, 9.17) is 9.72 Å². The molecule has 2 saturated heterocycles. The number of rotatable bonds is 3. The number of aromatic amines is 1. The lowest BCUT2D eigenvalue weighted by Gasteiger charge is -2.36. The standard InChI is InChI=1S/C23H31N5O3/c1-14-11-16(14)22(29)27-7-2-3-20(27)19-12-21-24-18-4-8-26(15-5-9-31-10-6-15)13-17(18)23(30)28(21)25-19/h12,14-16,20,25H,2-11,13H2,1H3/t14-,16-,20+/m0/s1. The Kier molecular flexibility index (Phi) is 4.68. The van der Waals surface area contributed by atoms with Gasteiger partial charge in [0.1, 0.15) is 0 Å². The first-order valence-electron chi connectivity index (χ1n) is 11.9. The van der Waals surface area contributed by atoms with Crippen LogP contribution in [-0.2, 0) is 22.5 Å². The zero-order valence-electron chi connectivity index (χ0n) is 18.2. The zero-order chi connectivity index (χ0) is 21.1. The Morgan fingerprint density at radius 1 is 1.23 bits per heavy atom. The van der Waals surface area contributed by atoms with E-state index in [-0.39, 0.29) is 23.4 Å². The van der Waals surface area contributed by atoms with E-state index in [0.29, 0.717) is 24.2 Å². The van der Waals surface area contributed by atoms with Crippen LogP contribution in [0.3, 0.4) is 0 Å². The zero-order valence-corrected chi connectivity index (χ0v) is 18.2. The average Bonchev–Trinajstić information content (AvgIpc) is 3.18. The van der Waals surface area contributed by atoms with Crippen molar-refractivity contribution in [3.05, 3.63) is 33.4 Å². The van der Waals surface area contributed by atoms with Gasteiger partial charge in [0.2, 0.25) is 5.91 Å². The van der Waals surface area contributed by atoms with Crippen molar-refractivity contribution in [1.29, 1.82) is 0 Å². The molecular formula is C23H31N5O3. The molecule has 0 aromatic carbocycles. The van der Waals surface area contributed by atoms with Gasteiger partial charge in [0.15, 0.2) is 5.65 Å². The molecule has 8 nitrogen and oxygen atoms in total. The number of carbonyl (C=O) groups excluding carboxylic acids is 1. The van der Waals surface area contributed by atoms with E-state index in [9.17, 15) is 9.59 Å². The summed E-state index contributed by atoms with van der Waals surface area (Å²) < 4.78 is 7.10. The van der Waals surface area contributed by atoms with Crippen molar-refractivity contribution < 1.29 is 9.53 Å². The number of carbonyl (C=O) groups is 1. The topological polar surface area (TPSA) is 82.9 Å². The number of ether oxygens (including phenoxy) is 1. The maximum absolute atomic E-state index is 13.4. The molecular weight excluding hydrogens is 394 g/mol. The summed E-state index contributed by atoms with van der Waals surface area (Å²) in [6.45, 7) is 6.18. The first-order valence-corrected chi connectivity index (χ1v) is 11.9. The molecule has 4 aliphatic rings. The Morgan fingerprint density at radius 3 is 2.81 bits per heavy atom. The van der Waals surface area contributed by atoms with E-state index in [0.717, 1.165) is 81.8 Å². The highest BCUT2D eigenvalue weighted by molar-refractivity contribution is 5.82. The molecule has 0 radical (unpaired) electrons. The number of hydrogen-bond acceptors (Lipinski definition) is 5. The summed E-state index contributed by atoms with van der Waals surface area (Å²) in [5.74, 6) is 0.973. The summed E-state index contributed by atoms with van der Waals surface area (Å²) in [7, 11) is 0. The average molecular weight is 426 g/mol. The number of fused-ring (bicyclic) bond motifs is 2. The van der Waals surface area contributed by atoms with Crippen LogP contribution in [0.25, 0.3) is 5.65 Å². The van der Waals surface area contributed by atoms with Gasteiger partial charge >= 0.3 is 0 Å². The van der Waals surface area contributed by atoms with Crippen LogP contribution in [0.5, 0.6) is 0 Å². The number of H-pyrrole nitrogens is 1. The van der Waals surface area contributed by atoms with Gasteiger partial charge in [0.25, 0.3) is 5.56 Å². The summed E-state index contributed by atoms with van der Waals surface area (Å²) in [5.41, 5.74) is 3.37. The predicted molar refractivity (Wildman–Crippen MR) is 115 cm³/mol. The first kappa shape index (κ1) is 19.5. The monoisotopic (exact) mass is 425 g/mol. The van der Waals surface area contributed by atoms with Gasteiger partial charge in [0, 0.05) is 57.3 Å². The molecule has 3 aliphatic heterocycles. The summed E-state index contributed by atoms with van der Waals surface area (Å²) in [6.07, 6.45) is 5.82.